The van der Waals surface area contributed by atoms with Crippen molar-refractivity contribution >= 4 is 17.4 Å². The molecule has 2 bridgehead atoms. The van der Waals surface area contributed by atoms with Crippen molar-refractivity contribution in [3.05, 3.63) is 56.8 Å². The standard InChI is InChI=1S/C21H24ClFN4O2/c22-17-8-18(23)20(24-9-17)26-10-14-7-16(13-26)19-2-1-15(21(28)27(19)11-14)12-25-3-5-29-6-4-25/h1-2,8-9,14,16H,3-7,10-13H2/t14-,16+/m0/s1. The van der Waals surface area contributed by atoms with Crippen LogP contribution in [0.25, 0.3) is 0 Å². The molecule has 0 N–H and O–H groups in total. The summed E-state index contributed by atoms with van der Waals surface area (Å²) in [5.41, 5.74) is 2.02. The fourth-order valence-corrected chi connectivity index (χ4v) is 5.07. The number of pyridine rings is 2. The van der Waals surface area contributed by atoms with Gasteiger partial charge in [-0.15, -0.1) is 0 Å². The topological polar surface area (TPSA) is 50.6 Å². The summed E-state index contributed by atoms with van der Waals surface area (Å²) in [6.45, 7) is 5.87. The van der Waals surface area contributed by atoms with Gasteiger partial charge in [-0.1, -0.05) is 17.7 Å². The fraction of sp³-hybridized carbons (Fsp3) is 0.524. The van der Waals surface area contributed by atoms with Crippen LogP contribution in [-0.2, 0) is 17.8 Å². The minimum atomic E-state index is -0.393. The van der Waals surface area contributed by atoms with Crippen LogP contribution < -0.4 is 10.5 Å². The first kappa shape index (κ1) is 19.0. The number of hydrogen-bond donors (Lipinski definition) is 0. The Kier molecular flexibility index (Phi) is 5.05. The van der Waals surface area contributed by atoms with Crippen molar-refractivity contribution in [1.29, 1.82) is 0 Å². The molecule has 0 spiro atoms. The Bertz CT molecular complexity index is 976. The molecule has 0 saturated carbocycles. The third-order valence-corrected chi connectivity index (χ3v) is 6.48. The summed E-state index contributed by atoms with van der Waals surface area (Å²) >= 11 is 5.85. The average Bonchev–Trinajstić information content (AvgIpc) is 2.71. The van der Waals surface area contributed by atoms with Gasteiger partial charge in [-0.05, 0) is 24.5 Å². The van der Waals surface area contributed by atoms with Crippen molar-refractivity contribution in [2.24, 2.45) is 5.92 Å². The lowest BCUT2D eigenvalue weighted by Crippen LogP contribution is -2.48. The van der Waals surface area contributed by atoms with Crippen molar-refractivity contribution in [3.63, 3.8) is 0 Å². The predicted molar refractivity (Wildman–Crippen MR) is 109 cm³/mol. The summed E-state index contributed by atoms with van der Waals surface area (Å²) in [5.74, 6) is 0.457. The molecule has 2 fully saturated rings. The van der Waals surface area contributed by atoms with E-state index in [4.69, 9.17) is 16.3 Å². The molecule has 0 aromatic carbocycles. The zero-order valence-corrected chi connectivity index (χ0v) is 16.9. The van der Waals surface area contributed by atoms with Gasteiger partial charge >= 0.3 is 0 Å². The number of anilines is 1. The highest BCUT2D eigenvalue weighted by molar-refractivity contribution is 6.30. The van der Waals surface area contributed by atoms with Crippen LogP contribution in [-0.4, -0.2) is 53.8 Å². The zero-order valence-electron chi connectivity index (χ0n) is 16.2. The Morgan fingerprint density at radius 2 is 2.03 bits per heavy atom. The number of aromatic nitrogens is 2. The van der Waals surface area contributed by atoms with E-state index in [1.807, 2.05) is 15.5 Å². The molecule has 0 unspecified atom stereocenters. The van der Waals surface area contributed by atoms with Gasteiger partial charge in [-0.2, -0.15) is 0 Å². The van der Waals surface area contributed by atoms with E-state index in [9.17, 15) is 9.18 Å². The van der Waals surface area contributed by atoms with E-state index in [1.165, 1.54) is 12.3 Å². The van der Waals surface area contributed by atoms with Crippen molar-refractivity contribution in [2.45, 2.75) is 25.4 Å². The summed E-state index contributed by atoms with van der Waals surface area (Å²) in [7, 11) is 0. The molecular formula is C21H24ClFN4O2. The quantitative estimate of drug-likeness (QED) is 0.766. The third-order valence-electron chi connectivity index (χ3n) is 6.27. The number of piperidine rings is 1. The van der Waals surface area contributed by atoms with E-state index in [2.05, 4.69) is 16.0 Å². The van der Waals surface area contributed by atoms with Gasteiger partial charge in [0.05, 0.1) is 18.2 Å². The first-order valence-electron chi connectivity index (χ1n) is 10.2. The molecule has 2 aromatic heterocycles. The normalized spacial score (nSPS) is 24.4. The van der Waals surface area contributed by atoms with E-state index in [0.29, 0.717) is 42.9 Å². The summed E-state index contributed by atoms with van der Waals surface area (Å²) in [6.07, 6.45) is 2.51. The van der Waals surface area contributed by atoms with Gasteiger partial charge in [0.1, 0.15) is 0 Å². The lowest BCUT2D eigenvalue weighted by Gasteiger charge is -2.43. The predicted octanol–water partition coefficient (Wildman–Crippen LogP) is 2.49. The molecule has 0 aliphatic carbocycles. The highest BCUT2D eigenvalue weighted by Crippen LogP contribution is 2.37. The summed E-state index contributed by atoms with van der Waals surface area (Å²) in [5, 5.41) is 0.299. The monoisotopic (exact) mass is 418 g/mol. The number of morpholine rings is 1. The van der Waals surface area contributed by atoms with E-state index in [1.54, 1.807) is 0 Å². The maximum atomic E-state index is 14.4. The molecule has 29 heavy (non-hydrogen) atoms. The van der Waals surface area contributed by atoms with Crippen LogP contribution in [0.15, 0.2) is 29.2 Å². The SMILES string of the molecule is O=c1c(CN2CCOCC2)ccc2n1C[C@H]1C[C@@H]2CN(c2ncc(Cl)cc2F)C1. The van der Waals surface area contributed by atoms with Gasteiger partial charge in [-0.3, -0.25) is 9.69 Å². The maximum absolute atomic E-state index is 14.4. The van der Waals surface area contributed by atoms with Crippen molar-refractivity contribution in [1.82, 2.24) is 14.5 Å². The van der Waals surface area contributed by atoms with E-state index < -0.39 is 5.82 Å². The third kappa shape index (κ3) is 3.67. The highest BCUT2D eigenvalue weighted by atomic mass is 35.5. The molecule has 5 rings (SSSR count). The lowest BCUT2D eigenvalue weighted by molar-refractivity contribution is 0.0339. The van der Waals surface area contributed by atoms with Crippen LogP contribution in [0.1, 0.15) is 23.6 Å². The number of nitrogens with zero attached hydrogens (tertiary/aromatic N) is 4. The smallest absolute Gasteiger partial charge is 0.255 e. The second-order valence-corrected chi connectivity index (χ2v) is 8.69. The largest absolute Gasteiger partial charge is 0.379 e. The Morgan fingerprint density at radius 1 is 1.21 bits per heavy atom. The average molecular weight is 419 g/mol. The van der Waals surface area contributed by atoms with Crippen LogP contribution in [0, 0.1) is 11.7 Å². The maximum Gasteiger partial charge on any atom is 0.255 e. The second kappa shape index (κ2) is 7.70. The molecule has 8 heteroatoms. The second-order valence-electron chi connectivity index (χ2n) is 8.25. The Hall–Kier alpha value is -1.96. The van der Waals surface area contributed by atoms with E-state index >= 15 is 0 Å². The van der Waals surface area contributed by atoms with Crippen molar-refractivity contribution in [3.8, 4) is 0 Å². The van der Waals surface area contributed by atoms with Crippen LogP contribution in [0.2, 0.25) is 5.02 Å². The summed E-state index contributed by atoms with van der Waals surface area (Å²) in [6, 6.07) is 5.38. The highest BCUT2D eigenvalue weighted by Gasteiger charge is 2.36. The first-order valence-corrected chi connectivity index (χ1v) is 10.5. The molecule has 3 aliphatic heterocycles. The zero-order chi connectivity index (χ0) is 20.0. The van der Waals surface area contributed by atoms with Crippen molar-refractivity contribution in [2.75, 3.05) is 44.3 Å². The van der Waals surface area contributed by atoms with Gasteiger partial charge in [0.25, 0.3) is 5.56 Å². The van der Waals surface area contributed by atoms with Crippen LogP contribution in [0.5, 0.6) is 0 Å². The summed E-state index contributed by atoms with van der Waals surface area (Å²) in [4.78, 5) is 21.7. The minimum absolute atomic E-state index is 0.118. The number of ether oxygens (including phenoxy) is 1. The molecule has 154 valence electrons. The molecular weight excluding hydrogens is 395 g/mol. The van der Waals surface area contributed by atoms with Crippen molar-refractivity contribution < 1.29 is 9.13 Å². The first-order chi connectivity index (χ1) is 14.1. The molecule has 6 nitrogen and oxygen atoms in total. The van der Waals surface area contributed by atoms with Gasteiger partial charge in [-0.25, -0.2) is 9.37 Å². The number of halogens is 2. The Morgan fingerprint density at radius 3 is 2.83 bits per heavy atom. The summed E-state index contributed by atoms with van der Waals surface area (Å²) < 4.78 is 21.7. The Labute approximate surface area is 173 Å². The molecule has 5 heterocycles. The van der Waals surface area contributed by atoms with Crippen LogP contribution in [0.3, 0.4) is 0 Å². The van der Waals surface area contributed by atoms with Gasteiger partial charge < -0.3 is 14.2 Å². The molecule has 0 amide bonds. The minimum Gasteiger partial charge on any atom is -0.379 e. The molecule has 3 aliphatic rings. The van der Waals surface area contributed by atoms with Gasteiger partial charge in [0.2, 0.25) is 0 Å². The number of fused-ring (bicyclic) bond motifs is 4. The van der Waals surface area contributed by atoms with Gasteiger partial charge in [0, 0.05) is 62.6 Å². The lowest BCUT2D eigenvalue weighted by atomic mass is 9.83. The molecule has 2 atom stereocenters. The fourth-order valence-electron chi connectivity index (χ4n) is 4.92. The number of rotatable bonds is 3. The molecule has 0 radical (unpaired) electrons. The van der Waals surface area contributed by atoms with E-state index in [0.717, 1.165) is 44.0 Å². The molecule has 2 aromatic rings. The van der Waals surface area contributed by atoms with Crippen LogP contribution in [0.4, 0.5) is 10.2 Å². The number of hydrogen-bond acceptors (Lipinski definition) is 5. The Balaban J connectivity index is 1.40. The van der Waals surface area contributed by atoms with E-state index in [-0.39, 0.29) is 11.5 Å². The molecule has 2 saturated heterocycles. The van der Waals surface area contributed by atoms with Gasteiger partial charge in [0.15, 0.2) is 11.6 Å². The van der Waals surface area contributed by atoms with Crippen LogP contribution >= 0.6 is 11.6 Å².